The van der Waals surface area contributed by atoms with Crippen LogP contribution in [0, 0.1) is 12.7 Å². The van der Waals surface area contributed by atoms with Crippen molar-refractivity contribution in [3.05, 3.63) is 71.4 Å². The van der Waals surface area contributed by atoms with Crippen LogP contribution in [-0.4, -0.2) is 33.6 Å². The van der Waals surface area contributed by atoms with Gasteiger partial charge in [0.2, 0.25) is 0 Å². The zero-order valence-electron chi connectivity index (χ0n) is 17.7. The Morgan fingerprint density at radius 2 is 2.22 bits per heavy atom. The van der Waals surface area contributed by atoms with E-state index in [9.17, 15) is 9.18 Å². The molecule has 1 amide bonds. The number of amides is 1. The smallest absolute Gasteiger partial charge is 0.264 e. The molecule has 1 heterocycles. The van der Waals surface area contributed by atoms with Gasteiger partial charge in [-0.25, -0.2) is 4.39 Å². The lowest BCUT2D eigenvalue weighted by molar-refractivity contribution is -0.124. The predicted molar refractivity (Wildman–Crippen MR) is 116 cm³/mol. The Morgan fingerprint density at radius 1 is 1.41 bits per heavy atom. The third-order valence-corrected chi connectivity index (χ3v) is 5.44. The quantitative estimate of drug-likeness (QED) is 0.594. The summed E-state index contributed by atoms with van der Waals surface area (Å²) in [5.74, 6) is 1.17. The fourth-order valence-corrected chi connectivity index (χ4v) is 3.57. The third-order valence-electron chi connectivity index (χ3n) is 5.12. The topological polar surface area (TPSA) is 86.5 Å². The average Bonchev–Trinajstić information content (AvgIpc) is 3.21. The van der Waals surface area contributed by atoms with Crippen molar-refractivity contribution in [1.82, 2.24) is 15.5 Å². The first-order valence-electron chi connectivity index (χ1n) is 10.2. The summed E-state index contributed by atoms with van der Waals surface area (Å²) in [6, 6.07) is 4.49. The summed E-state index contributed by atoms with van der Waals surface area (Å²) < 4.78 is 29.8. The second kappa shape index (κ2) is 9.16. The average molecular weight is 460 g/mol. The summed E-state index contributed by atoms with van der Waals surface area (Å²) in [5.41, 5.74) is 0.845. The number of alkyl halides is 1. The van der Waals surface area contributed by atoms with E-state index < -0.39 is 5.54 Å². The Hall–Kier alpha value is -3.13. The Balaban J connectivity index is 1.26. The van der Waals surface area contributed by atoms with E-state index in [0.717, 1.165) is 11.3 Å². The van der Waals surface area contributed by atoms with Crippen molar-refractivity contribution < 1.29 is 23.2 Å². The predicted octanol–water partition coefficient (Wildman–Crippen LogP) is 4.23. The first-order valence-corrected chi connectivity index (χ1v) is 10.6. The zero-order valence-corrected chi connectivity index (χ0v) is 18.5. The molecule has 2 atom stereocenters. The summed E-state index contributed by atoms with van der Waals surface area (Å²) in [7, 11) is 0. The zero-order chi connectivity index (χ0) is 22.7. The van der Waals surface area contributed by atoms with Crippen LogP contribution < -0.4 is 10.1 Å². The minimum atomic E-state index is -0.540. The highest BCUT2D eigenvalue weighted by molar-refractivity contribution is 6.22. The molecule has 1 N–H and O–H groups in total. The van der Waals surface area contributed by atoms with E-state index in [1.807, 2.05) is 31.2 Å². The van der Waals surface area contributed by atoms with Crippen molar-refractivity contribution in [3.63, 3.8) is 0 Å². The summed E-state index contributed by atoms with van der Waals surface area (Å²) >= 11 is 5.99. The maximum Gasteiger partial charge on any atom is 0.264 e. The molecule has 2 aliphatic rings. The first kappa shape index (κ1) is 22.1. The lowest BCUT2D eigenvalue weighted by atomic mass is 9.80. The van der Waals surface area contributed by atoms with Gasteiger partial charge in [0.1, 0.15) is 17.3 Å². The highest BCUT2D eigenvalue weighted by Crippen LogP contribution is 2.36. The van der Waals surface area contributed by atoms with E-state index in [-0.39, 0.29) is 30.3 Å². The van der Waals surface area contributed by atoms with E-state index in [4.69, 9.17) is 25.6 Å². The number of hydrogen-bond donors (Lipinski definition) is 1. The number of nitrogens with one attached hydrogen (secondary N) is 1. The Labute approximate surface area is 189 Å². The van der Waals surface area contributed by atoms with Crippen molar-refractivity contribution in [1.29, 1.82) is 0 Å². The molecule has 0 aliphatic heterocycles. The van der Waals surface area contributed by atoms with Crippen LogP contribution in [-0.2, 0) is 16.1 Å². The molecule has 0 saturated carbocycles. The molecule has 2 aliphatic carbocycles. The van der Waals surface area contributed by atoms with Crippen molar-refractivity contribution in [3.8, 4) is 5.75 Å². The summed E-state index contributed by atoms with van der Waals surface area (Å²) in [5, 5.41) is 6.88. The highest BCUT2D eigenvalue weighted by Gasteiger charge is 2.36. The van der Waals surface area contributed by atoms with Crippen molar-refractivity contribution >= 4 is 23.1 Å². The number of rotatable bonds is 8. The molecule has 2 aromatic rings. The maximum atomic E-state index is 13.6. The van der Waals surface area contributed by atoms with Gasteiger partial charge in [-0.15, -0.1) is 11.6 Å². The first-order chi connectivity index (χ1) is 15.3. The Morgan fingerprint density at radius 3 is 2.94 bits per heavy atom. The molecule has 0 radical (unpaired) electrons. The van der Waals surface area contributed by atoms with E-state index in [0.29, 0.717) is 35.9 Å². The number of halogens is 2. The second-order valence-electron chi connectivity index (χ2n) is 8.03. The van der Waals surface area contributed by atoms with Gasteiger partial charge in [0, 0.05) is 18.1 Å². The van der Waals surface area contributed by atoms with Crippen LogP contribution in [0.25, 0.3) is 5.57 Å². The van der Waals surface area contributed by atoms with E-state index in [2.05, 4.69) is 15.5 Å². The van der Waals surface area contributed by atoms with Gasteiger partial charge in [-0.3, -0.25) is 4.79 Å². The van der Waals surface area contributed by atoms with Crippen LogP contribution >= 0.6 is 11.6 Å². The molecule has 1 aromatic heterocycles. The molecule has 2 unspecified atom stereocenters. The molecule has 7 nitrogen and oxygen atoms in total. The molecule has 0 fully saturated rings. The van der Waals surface area contributed by atoms with Crippen LogP contribution in [0.2, 0.25) is 0 Å². The molecule has 32 heavy (non-hydrogen) atoms. The molecule has 0 spiro atoms. The van der Waals surface area contributed by atoms with Crippen LogP contribution in [0.4, 0.5) is 4.39 Å². The van der Waals surface area contributed by atoms with Crippen molar-refractivity contribution in [2.24, 2.45) is 0 Å². The number of ether oxygens (including phenoxy) is 2. The molecule has 1 aromatic carbocycles. The number of hydrogen-bond acceptors (Lipinski definition) is 6. The van der Waals surface area contributed by atoms with Gasteiger partial charge in [-0.05, 0) is 44.1 Å². The number of benzene rings is 1. The number of allylic oxidation sites excluding steroid dienone is 3. The summed E-state index contributed by atoms with van der Waals surface area (Å²) in [6.45, 7) is 3.50. The summed E-state index contributed by atoms with van der Waals surface area (Å²) in [6.07, 6.45) is 8.74. The maximum absolute atomic E-state index is 13.6. The highest BCUT2D eigenvalue weighted by atomic mass is 35.5. The fourth-order valence-electron chi connectivity index (χ4n) is 3.41. The fraction of sp³-hybridized carbons (Fsp3) is 0.348. The standard InChI is InChI=1S/C23H23ClFN3O4/c1-14-3-6-18(9-19(14)25)30-12-20(29)27-23(2)10-15(11-23)22-26-21(32-28-22)13-31-17-7-4-16(24)5-8-17/h3-4,6-10,16H,5,11-13H2,1-2H3,(H,27,29). The number of nitrogens with zero attached hydrogens (tertiary/aromatic N) is 2. The van der Waals surface area contributed by atoms with Crippen LogP contribution in [0.5, 0.6) is 5.75 Å². The van der Waals surface area contributed by atoms with E-state index >= 15 is 0 Å². The van der Waals surface area contributed by atoms with Crippen molar-refractivity contribution in [2.75, 3.05) is 6.61 Å². The van der Waals surface area contributed by atoms with Crippen LogP contribution in [0.3, 0.4) is 0 Å². The normalized spacial score (nSPS) is 21.9. The summed E-state index contributed by atoms with van der Waals surface area (Å²) in [4.78, 5) is 16.6. The van der Waals surface area contributed by atoms with Gasteiger partial charge in [0.25, 0.3) is 11.8 Å². The Bertz CT molecular complexity index is 1110. The van der Waals surface area contributed by atoms with Crippen LogP contribution in [0.1, 0.15) is 37.0 Å². The largest absolute Gasteiger partial charge is 0.484 e. The van der Waals surface area contributed by atoms with E-state index in [1.54, 1.807) is 19.1 Å². The number of aryl methyl sites for hydroxylation is 1. The SMILES string of the molecule is Cc1ccc(OCC(=O)NC2(C)C=C(c3noc(COC4=CCC(Cl)C=C4)n3)C2)cc1F. The van der Waals surface area contributed by atoms with Crippen LogP contribution in [0.15, 0.2) is 52.8 Å². The molecular weight excluding hydrogens is 437 g/mol. The molecule has 0 bridgehead atoms. The molecule has 168 valence electrons. The minimum absolute atomic E-state index is 0.00474. The number of carbonyl (C=O) groups is 1. The minimum Gasteiger partial charge on any atom is -0.484 e. The molecule has 4 rings (SSSR count). The van der Waals surface area contributed by atoms with Gasteiger partial charge in [-0.2, -0.15) is 4.98 Å². The van der Waals surface area contributed by atoms with Crippen molar-refractivity contribution in [2.45, 2.75) is 44.2 Å². The lowest BCUT2D eigenvalue weighted by Crippen LogP contribution is -2.50. The molecule has 9 heteroatoms. The van der Waals surface area contributed by atoms with E-state index in [1.165, 1.54) is 6.07 Å². The second-order valence-corrected chi connectivity index (χ2v) is 8.59. The van der Waals surface area contributed by atoms with Gasteiger partial charge >= 0.3 is 0 Å². The van der Waals surface area contributed by atoms with Gasteiger partial charge in [-0.1, -0.05) is 23.4 Å². The molecule has 0 saturated heterocycles. The Kier molecular flexibility index (Phi) is 6.32. The van der Waals surface area contributed by atoms with Gasteiger partial charge in [0.15, 0.2) is 19.0 Å². The monoisotopic (exact) mass is 459 g/mol. The van der Waals surface area contributed by atoms with Gasteiger partial charge in [0.05, 0.1) is 10.9 Å². The molecular formula is C23H23ClFN3O4. The van der Waals surface area contributed by atoms with Gasteiger partial charge < -0.3 is 19.3 Å². The third kappa shape index (κ3) is 5.37. The number of carbonyl (C=O) groups excluding carboxylic acids is 1. The lowest BCUT2D eigenvalue weighted by Gasteiger charge is -2.36. The number of aromatic nitrogens is 2.